The largest absolute Gasteiger partial charge is 0.370 e. The molecule has 24 heavy (non-hydrogen) atoms. The summed E-state index contributed by atoms with van der Waals surface area (Å²) in [4.78, 5) is 2.52. The molecule has 3 fully saturated rings. The molecule has 0 aromatic carbocycles. The molecule has 0 aliphatic carbocycles. The van der Waals surface area contributed by atoms with Crippen molar-refractivity contribution in [3.63, 3.8) is 0 Å². The van der Waals surface area contributed by atoms with E-state index in [0.717, 1.165) is 45.3 Å². The van der Waals surface area contributed by atoms with Crippen molar-refractivity contribution in [1.29, 1.82) is 0 Å². The standard InChI is InChI=1S/C18H32N2O3S/c1-4-14(3)7-6-10-20-12-16-15(11-19-24(21,22)5-2)17-8-9-18(16,13-20)23-17/h7,15-17,19H,4-6,8-13H2,1-3H3/b14-7+/t15-,16+,17+,18+/m0/s1. The second kappa shape index (κ2) is 7.06. The van der Waals surface area contributed by atoms with Crippen LogP contribution < -0.4 is 4.72 Å². The molecule has 3 rings (SSSR count). The average molecular weight is 357 g/mol. The van der Waals surface area contributed by atoms with Gasteiger partial charge < -0.3 is 4.74 Å². The summed E-state index contributed by atoms with van der Waals surface area (Å²) in [5.41, 5.74) is 1.45. The van der Waals surface area contributed by atoms with E-state index in [9.17, 15) is 8.42 Å². The number of allylic oxidation sites excluding steroid dienone is 1. The minimum atomic E-state index is -3.12. The van der Waals surface area contributed by atoms with Crippen LogP contribution in [0.5, 0.6) is 0 Å². The lowest BCUT2D eigenvalue weighted by atomic mass is 9.74. The molecule has 0 saturated carbocycles. The Labute approximate surface area is 146 Å². The molecule has 1 spiro atoms. The van der Waals surface area contributed by atoms with Crippen molar-refractivity contribution in [1.82, 2.24) is 9.62 Å². The molecule has 1 N–H and O–H groups in total. The smallest absolute Gasteiger partial charge is 0.211 e. The molecular formula is C18H32N2O3S. The maximum atomic E-state index is 11.8. The Balaban J connectivity index is 1.59. The first-order valence-corrected chi connectivity index (χ1v) is 11.1. The van der Waals surface area contributed by atoms with E-state index >= 15 is 0 Å². The topological polar surface area (TPSA) is 58.6 Å². The minimum absolute atomic E-state index is 0.00347. The molecule has 0 radical (unpaired) electrons. The number of hydrogen-bond acceptors (Lipinski definition) is 4. The van der Waals surface area contributed by atoms with Gasteiger partial charge in [0.15, 0.2) is 0 Å². The highest BCUT2D eigenvalue weighted by Crippen LogP contribution is 2.54. The zero-order chi connectivity index (χ0) is 17.4. The number of fused-ring (bicyclic) bond motifs is 1. The fraction of sp³-hybridized carbons (Fsp3) is 0.889. The molecule has 6 heteroatoms. The van der Waals surface area contributed by atoms with Crippen molar-refractivity contribution in [3.8, 4) is 0 Å². The molecule has 4 atom stereocenters. The fourth-order valence-electron chi connectivity index (χ4n) is 4.69. The van der Waals surface area contributed by atoms with Gasteiger partial charge in [0.2, 0.25) is 10.0 Å². The Kier molecular flexibility index (Phi) is 5.40. The Morgan fingerprint density at radius 2 is 2.21 bits per heavy atom. The van der Waals surface area contributed by atoms with Crippen LogP contribution in [0.1, 0.15) is 46.5 Å². The highest BCUT2D eigenvalue weighted by molar-refractivity contribution is 7.89. The van der Waals surface area contributed by atoms with Crippen molar-refractivity contribution >= 4 is 10.0 Å². The normalized spacial score (nSPS) is 36.5. The maximum absolute atomic E-state index is 11.8. The van der Waals surface area contributed by atoms with Gasteiger partial charge in [-0.3, -0.25) is 4.90 Å². The number of sulfonamides is 1. The highest BCUT2D eigenvalue weighted by atomic mass is 32.2. The van der Waals surface area contributed by atoms with Crippen LogP contribution in [0.3, 0.4) is 0 Å². The highest BCUT2D eigenvalue weighted by Gasteiger charge is 2.62. The summed E-state index contributed by atoms with van der Waals surface area (Å²) in [6.45, 7) is 9.76. The van der Waals surface area contributed by atoms with Crippen LogP contribution in [0.4, 0.5) is 0 Å². The number of likely N-dealkylation sites (tertiary alicyclic amines) is 1. The molecule has 5 nitrogen and oxygen atoms in total. The fourth-order valence-corrected chi connectivity index (χ4v) is 5.34. The Morgan fingerprint density at radius 1 is 1.42 bits per heavy atom. The van der Waals surface area contributed by atoms with Gasteiger partial charge in [-0.1, -0.05) is 18.6 Å². The van der Waals surface area contributed by atoms with Gasteiger partial charge >= 0.3 is 0 Å². The molecule has 3 saturated heterocycles. The molecule has 3 aliphatic heterocycles. The van der Waals surface area contributed by atoms with E-state index in [-0.39, 0.29) is 17.5 Å². The lowest BCUT2D eigenvalue weighted by Crippen LogP contribution is -2.42. The number of nitrogens with one attached hydrogen (secondary N) is 1. The number of nitrogens with zero attached hydrogens (tertiary/aromatic N) is 1. The summed E-state index contributed by atoms with van der Waals surface area (Å²) < 4.78 is 32.7. The van der Waals surface area contributed by atoms with Gasteiger partial charge in [-0.15, -0.1) is 0 Å². The van der Waals surface area contributed by atoms with Crippen LogP contribution in [-0.2, 0) is 14.8 Å². The Bertz CT molecular complexity index is 589. The molecule has 3 aliphatic rings. The quantitative estimate of drug-likeness (QED) is 0.677. The van der Waals surface area contributed by atoms with Crippen molar-refractivity contribution in [3.05, 3.63) is 11.6 Å². The van der Waals surface area contributed by atoms with Crippen molar-refractivity contribution in [2.24, 2.45) is 11.8 Å². The Morgan fingerprint density at radius 3 is 2.92 bits per heavy atom. The van der Waals surface area contributed by atoms with E-state index in [4.69, 9.17) is 4.74 Å². The zero-order valence-electron chi connectivity index (χ0n) is 15.3. The first-order chi connectivity index (χ1) is 11.4. The zero-order valence-corrected chi connectivity index (χ0v) is 16.1. The maximum Gasteiger partial charge on any atom is 0.211 e. The predicted molar refractivity (Wildman–Crippen MR) is 96.4 cm³/mol. The molecule has 0 unspecified atom stereocenters. The van der Waals surface area contributed by atoms with Gasteiger partial charge in [0, 0.05) is 38.0 Å². The first kappa shape index (κ1) is 18.4. The second-order valence-electron chi connectivity index (χ2n) is 7.71. The van der Waals surface area contributed by atoms with Gasteiger partial charge in [-0.05, 0) is 39.5 Å². The van der Waals surface area contributed by atoms with Crippen LogP contribution in [-0.4, -0.2) is 57.0 Å². The van der Waals surface area contributed by atoms with E-state index in [2.05, 4.69) is 29.5 Å². The van der Waals surface area contributed by atoms with Crippen molar-refractivity contribution in [2.75, 3.05) is 31.9 Å². The summed E-state index contributed by atoms with van der Waals surface area (Å²) >= 11 is 0. The number of ether oxygens (including phenoxy) is 1. The minimum Gasteiger partial charge on any atom is -0.370 e. The molecule has 3 heterocycles. The van der Waals surface area contributed by atoms with E-state index in [1.165, 1.54) is 5.57 Å². The summed E-state index contributed by atoms with van der Waals surface area (Å²) in [6.07, 6.45) is 7.03. The van der Waals surface area contributed by atoms with Gasteiger partial charge in [-0.25, -0.2) is 13.1 Å². The van der Waals surface area contributed by atoms with Gasteiger partial charge in [0.05, 0.1) is 17.5 Å². The number of rotatable bonds is 8. The van der Waals surface area contributed by atoms with Gasteiger partial charge in [0.25, 0.3) is 0 Å². The summed E-state index contributed by atoms with van der Waals surface area (Å²) in [7, 11) is -3.12. The third kappa shape index (κ3) is 3.57. The summed E-state index contributed by atoms with van der Waals surface area (Å²) in [5, 5.41) is 0. The summed E-state index contributed by atoms with van der Waals surface area (Å²) in [5.74, 6) is 0.959. The van der Waals surface area contributed by atoms with E-state index in [1.807, 2.05) is 0 Å². The first-order valence-electron chi connectivity index (χ1n) is 9.42. The van der Waals surface area contributed by atoms with Crippen LogP contribution >= 0.6 is 0 Å². The van der Waals surface area contributed by atoms with Crippen molar-refractivity contribution in [2.45, 2.75) is 58.2 Å². The Hall–Kier alpha value is -0.430. The van der Waals surface area contributed by atoms with E-state index in [1.54, 1.807) is 6.92 Å². The molecule has 0 amide bonds. The third-order valence-electron chi connectivity index (χ3n) is 6.27. The van der Waals surface area contributed by atoms with Crippen LogP contribution in [0.25, 0.3) is 0 Å². The summed E-state index contributed by atoms with van der Waals surface area (Å²) in [6, 6.07) is 0. The molecule has 0 aromatic rings. The average Bonchev–Trinajstić information content (AvgIpc) is 3.20. The third-order valence-corrected chi connectivity index (χ3v) is 7.64. The second-order valence-corrected chi connectivity index (χ2v) is 9.81. The lowest BCUT2D eigenvalue weighted by molar-refractivity contribution is 0.00298. The molecule has 0 aromatic heterocycles. The van der Waals surface area contributed by atoms with E-state index in [0.29, 0.717) is 18.4 Å². The molecule has 138 valence electrons. The van der Waals surface area contributed by atoms with Crippen LogP contribution in [0.2, 0.25) is 0 Å². The SMILES string of the molecule is CC/C(C)=C/CCN1C[C@@H]2[C@H](CNS(=O)(=O)CC)[C@H]3CC[C@]2(C1)O3. The van der Waals surface area contributed by atoms with Gasteiger partial charge in [0.1, 0.15) is 0 Å². The number of hydrogen-bond donors (Lipinski definition) is 1. The van der Waals surface area contributed by atoms with E-state index < -0.39 is 10.0 Å². The van der Waals surface area contributed by atoms with Gasteiger partial charge in [-0.2, -0.15) is 0 Å². The van der Waals surface area contributed by atoms with Crippen LogP contribution in [0, 0.1) is 11.8 Å². The molecular weight excluding hydrogens is 324 g/mol. The lowest BCUT2D eigenvalue weighted by Gasteiger charge is -2.29. The van der Waals surface area contributed by atoms with Crippen molar-refractivity contribution < 1.29 is 13.2 Å². The molecule has 2 bridgehead atoms. The van der Waals surface area contributed by atoms with Crippen LogP contribution in [0.15, 0.2) is 11.6 Å². The monoisotopic (exact) mass is 356 g/mol. The predicted octanol–water partition coefficient (Wildman–Crippen LogP) is 2.15.